The highest BCUT2D eigenvalue weighted by Gasteiger charge is 2.49. The van der Waals surface area contributed by atoms with E-state index in [9.17, 15) is 19.1 Å². The number of hydrogen-bond donors (Lipinski definition) is 1. The molecule has 0 bridgehead atoms. The van der Waals surface area contributed by atoms with Crippen LogP contribution in [0.4, 0.5) is 4.39 Å². The van der Waals surface area contributed by atoms with Crippen molar-refractivity contribution in [3.63, 3.8) is 0 Å². The number of amides is 1. The fourth-order valence-corrected chi connectivity index (χ4v) is 11.5. The molecule has 0 aliphatic carbocycles. The molecule has 220 valence electrons. The third kappa shape index (κ3) is 5.44. The first-order valence-corrected chi connectivity index (χ1v) is 16.3. The van der Waals surface area contributed by atoms with Gasteiger partial charge in [0.2, 0.25) is 0 Å². The summed E-state index contributed by atoms with van der Waals surface area (Å²) in [6.45, 7) is 16.3. The van der Waals surface area contributed by atoms with Crippen LogP contribution in [-0.2, 0) is 17.8 Å². The van der Waals surface area contributed by atoms with Crippen molar-refractivity contribution in [2.45, 2.75) is 90.6 Å². The Kier molecular flexibility index (Phi) is 8.24. The van der Waals surface area contributed by atoms with Gasteiger partial charge in [-0.2, -0.15) is 0 Å². The number of carbonyl (C=O) groups excluding carboxylic acids is 1. The van der Waals surface area contributed by atoms with Gasteiger partial charge in [0.1, 0.15) is 22.8 Å². The summed E-state index contributed by atoms with van der Waals surface area (Å²) in [5.74, 6) is -0.853. The SMILES string of the molecule is CC(C)[Si](Oc1c2c(c(OC(C)(C)C(=O)O)c3cc(Cc4ccc(F)cc4)cnc13)CN(C)C2=O)(C(C)C)C(C)C. The van der Waals surface area contributed by atoms with E-state index in [1.165, 1.54) is 26.0 Å². The van der Waals surface area contributed by atoms with Gasteiger partial charge in [-0.3, -0.25) is 9.78 Å². The van der Waals surface area contributed by atoms with Gasteiger partial charge in [-0.1, -0.05) is 53.7 Å². The lowest BCUT2D eigenvalue weighted by Gasteiger charge is -2.42. The number of aromatic nitrogens is 1. The number of fused-ring (bicyclic) bond motifs is 2. The molecule has 1 aliphatic rings. The first kappa shape index (κ1) is 30.5. The van der Waals surface area contributed by atoms with Gasteiger partial charge in [-0.05, 0) is 66.2 Å². The third-order valence-corrected chi connectivity index (χ3v) is 14.3. The molecule has 0 radical (unpaired) electrons. The molecular weight excluding hydrogens is 539 g/mol. The van der Waals surface area contributed by atoms with Crippen LogP contribution in [0.1, 0.15) is 82.4 Å². The van der Waals surface area contributed by atoms with Crippen LogP contribution < -0.4 is 9.16 Å². The number of benzene rings is 2. The monoisotopic (exact) mass is 580 g/mol. The first-order chi connectivity index (χ1) is 19.1. The van der Waals surface area contributed by atoms with Crippen LogP contribution in [-0.4, -0.2) is 47.8 Å². The smallest absolute Gasteiger partial charge is 0.347 e. The summed E-state index contributed by atoms with van der Waals surface area (Å²) < 4.78 is 27.0. The highest BCUT2D eigenvalue weighted by Crippen LogP contribution is 2.50. The van der Waals surface area contributed by atoms with Crippen LogP contribution in [0, 0.1) is 5.82 Å². The molecule has 0 saturated heterocycles. The maximum Gasteiger partial charge on any atom is 0.347 e. The Morgan fingerprint density at radius 1 is 1.05 bits per heavy atom. The van der Waals surface area contributed by atoms with Crippen LogP contribution in [0.25, 0.3) is 10.9 Å². The molecule has 0 unspecified atom stereocenters. The van der Waals surface area contributed by atoms with Crippen molar-refractivity contribution in [2.24, 2.45) is 0 Å². The summed E-state index contributed by atoms with van der Waals surface area (Å²) in [5, 5.41) is 10.5. The van der Waals surface area contributed by atoms with E-state index >= 15 is 0 Å². The first-order valence-electron chi connectivity index (χ1n) is 14.2. The van der Waals surface area contributed by atoms with Crippen LogP contribution >= 0.6 is 0 Å². The average Bonchev–Trinajstić information content (AvgIpc) is 3.18. The Bertz CT molecular complexity index is 1460. The summed E-state index contributed by atoms with van der Waals surface area (Å²) in [5.41, 5.74) is 2.41. The Labute approximate surface area is 242 Å². The lowest BCUT2D eigenvalue weighted by Crippen LogP contribution is -2.51. The van der Waals surface area contributed by atoms with Gasteiger partial charge in [0, 0.05) is 24.2 Å². The maximum absolute atomic E-state index is 13.7. The summed E-state index contributed by atoms with van der Waals surface area (Å²) in [6.07, 6.45) is 2.23. The largest absolute Gasteiger partial charge is 0.541 e. The summed E-state index contributed by atoms with van der Waals surface area (Å²) >= 11 is 0. The molecule has 1 aromatic heterocycles. The summed E-state index contributed by atoms with van der Waals surface area (Å²) in [7, 11) is -0.807. The number of aliphatic carboxylic acids is 1. The molecule has 0 saturated carbocycles. The van der Waals surface area contributed by atoms with Gasteiger partial charge in [0.05, 0.1) is 12.1 Å². The normalized spacial score (nSPS) is 14.0. The van der Waals surface area contributed by atoms with Crippen molar-refractivity contribution in [3.05, 3.63) is 64.6 Å². The molecule has 7 nitrogen and oxygen atoms in total. The van der Waals surface area contributed by atoms with Crippen molar-refractivity contribution < 1.29 is 28.2 Å². The number of pyridine rings is 1. The van der Waals surface area contributed by atoms with Gasteiger partial charge in [0.15, 0.2) is 5.60 Å². The van der Waals surface area contributed by atoms with E-state index in [0.29, 0.717) is 39.9 Å². The molecule has 0 spiro atoms. The second-order valence-electron chi connectivity index (χ2n) is 12.6. The highest BCUT2D eigenvalue weighted by molar-refractivity contribution is 6.78. The maximum atomic E-state index is 13.7. The predicted octanol–water partition coefficient (Wildman–Crippen LogP) is 7.35. The van der Waals surface area contributed by atoms with Crippen LogP contribution in [0.5, 0.6) is 11.5 Å². The van der Waals surface area contributed by atoms with Crippen LogP contribution in [0.2, 0.25) is 16.6 Å². The molecule has 4 rings (SSSR count). The summed E-state index contributed by atoms with van der Waals surface area (Å²) in [6, 6.07) is 8.22. The minimum absolute atomic E-state index is 0.203. The van der Waals surface area contributed by atoms with E-state index in [2.05, 4.69) is 41.5 Å². The standard InChI is InChI=1S/C32H41FN2O5Si/c1-18(2)41(19(3)4,20(5)6)40-29-26-25(17-35(9)30(26)36)28(39-32(7,8)31(37)38)24-15-22(16-34-27(24)29)14-21-10-12-23(33)13-11-21/h10-13,15-16,18-20H,14,17H2,1-9H3,(H,37,38). The quantitative estimate of drug-likeness (QED) is 0.252. The zero-order chi connectivity index (χ0) is 30.4. The van der Waals surface area contributed by atoms with Crippen molar-refractivity contribution in [2.75, 3.05) is 7.05 Å². The second kappa shape index (κ2) is 11.1. The van der Waals surface area contributed by atoms with Crippen LogP contribution in [0.3, 0.4) is 0 Å². The van der Waals surface area contributed by atoms with Crippen molar-refractivity contribution >= 4 is 31.1 Å². The second-order valence-corrected chi connectivity index (χ2v) is 17.9. The molecule has 3 aromatic rings. The molecule has 9 heteroatoms. The molecular formula is C32H41FN2O5Si. The zero-order valence-corrected chi connectivity index (χ0v) is 26.5. The number of ether oxygens (including phenoxy) is 1. The molecule has 41 heavy (non-hydrogen) atoms. The topological polar surface area (TPSA) is 89.0 Å². The Balaban J connectivity index is 2.04. The fourth-order valence-electron chi connectivity index (χ4n) is 6.25. The Morgan fingerprint density at radius 3 is 2.17 bits per heavy atom. The molecule has 1 N–H and O–H groups in total. The van der Waals surface area contributed by atoms with Crippen LogP contribution in [0.15, 0.2) is 36.5 Å². The van der Waals surface area contributed by atoms with Gasteiger partial charge in [-0.25, -0.2) is 9.18 Å². The van der Waals surface area contributed by atoms with E-state index in [4.69, 9.17) is 14.1 Å². The number of nitrogens with zero attached hydrogens (tertiary/aromatic N) is 2. The van der Waals surface area contributed by atoms with Gasteiger partial charge >= 0.3 is 5.97 Å². The lowest BCUT2D eigenvalue weighted by atomic mass is 9.99. The number of hydrogen-bond acceptors (Lipinski definition) is 5. The molecule has 0 fully saturated rings. The van der Waals surface area contributed by atoms with Gasteiger partial charge < -0.3 is 19.2 Å². The lowest BCUT2D eigenvalue weighted by molar-refractivity contribution is -0.152. The molecule has 1 amide bonds. The molecule has 1 aliphatic heterocycles. The zero-order valence-electron chi connectivity index (χ0n) is 25.5. The number of carbonyl (C=O) groups is 2. The minimum atomic E-state index is -2.52. The van der Waals surface area contributed by atoms with Crippen molar-refractivity contribution in [1.82, 2.24) is 9.88 Å². The Morgan fingerprint density at radius 2 is 1.63 bits per heavy atom. The Hall–Kier alpha value is -3.46. The van der Waals surface area contributed by atoms with E-state index in [-0.39, 0.29) is 34.9 Å². The van der Waals surface area contributed by atoms with Gasteiger partial charge in [-0.15, -0.1) is 0 Å². The fraction of sp³-hybridized carbons (Fsp3) is 0.469. The van der Waals surface area contributed by atoms with E-state index in [1.807, 2.05) is 6.07 Å². The number of rotatable bonds is 10. The molecule has 0 atom stereocenters. The minimum Gasteiger partial charge on any atom is -0.541 e. The number of carboxylic acids is 1. The number of halogens is 1. The van der Waals surface area contributed by atoms with Crippen molar-refractivity contribution in [1.29, 1.82) is 0 Å². The highest BCUT2D eigenvalue weighted by atomic mass is 28.4. The average molecular weight is 581 g/mol. The summed E-state index contributed by atoms with van der Waals surface area (Å²) in [4.78, 5) is 32.3. The van der Waals surface area contributed by atoms with E-state index < -0.39 is 19.9 Å². The number of carboxylic acid groups (broad SMARTS) is 1. The third-order valence-electron chi connectivity index (χ3n) is 8.34. The van der Waals surface area contributed by atoms with E-state index in [1.54, 1.807) is 30.3 Å². The van der Waals surface area contributed by atoms with E-state index in [0.717, 1.165) is 11.1 Å². The molecule has 2 heterocycles. The van der Waals surface area contributed by atoms with Gasteiger partial charge in [0.25, 0.3) is 14.2 Å². The van der Waals surface area contributed by atoms with Crippen molar-refractivity contribution in [3.8, 4) is 11.5 Å². The molecule has 2 aromatic carbocycles. The predicted molar refractivity (Wildman–Crippen MR) is 161 cm³/mol.